The van der Waals surface area contributed by atoms with Gasteiger partial charge in [0.25, 0.3) is 5.56 Å². The van der Waals surface area contributed by atoms with E-state index in [0.29, 0.717) is 12.2 Å². The number of rotatable bonds is 8. The summed E-state index contributed by atoms with van der Waals surface area (Å²) in [5.74, 6) is -0.470. The van der Waals surface area contributed by atoms with Crippen LogP contribution < -0.4 is 21.3 Å². The monoisotopic (exact) mass is 543 g/mol. The Balaban J connectivity index is 1.98. The van der Waals surface area contributed by atoms with Crippen LogP contribution >= 0.6 is 15.9 Å². The van der Waals surface area contributed by atoms with Gasteiger partial charge in [-0.25, -0.2) is 9.18 Å². The van der Waals surface area contributed by atoms with E-state index in [-0.39, 0.29) is 17.1 Å². The summed E-state index contributed by atoms with van der Waals surface area (Å²) in [4.78, 5) is 25.7. The lowest BCUT2D eigenvalue weighted by molar-refractivity contribution is -0.138. The predicted octanol–water partition coefficient (Wildman–Crippen LogP) is 4.34. The highest BCUT2D eigenvalue weighted by molar-refractivity contribution is 9.10. The van der Waals surface area contributed by atoms with Crippen LogP contribution in [0.15, 0.2) is 62.7 Å². The Morgan fingerprint density at radius 3 is 2.47 bits per heavy atom. The Labute approximate surface area is 200 Å². The van der Waals surface area contributed by atoms with Gasteiger partial charge in [0.1, 0.15) is 11.6 Å². The lowest BCUT2D eigenvalue weighted by atomic mass is 10.0. The van der Waals surface area contributed by atoms with E-state index in [0.717, 1.165) is 39.1 Å². The summed E-state index contributed by atoms with van der Waals surface area (Å²) in [6.07, 6.45) is -3.43. The summed E-state index contributed by atoms with van der Waals surface area (Å²) in [6, 6.07) is 9.58. The number of methoxy groups -OCH3 is 1. The van der Waals surface area contributed by atoms with Crippen LogP contribution in [0.3, 0.4) is 0 Å². The van der Waals surface area contributed by atoms with Crippen molar-refractivity contribution in [2.75, 3.05) is 14.2 Å². The second-order valence-electron chi connectivity index (χ2n) is 7.48. The first-order chi connectivity index (χ1) is 16.1. The van der Waals surface area contributed by atoms with Crippen molar-refractivity contribution in [3.05, 3.63) is 96.5 Å². The molecule has 0 amide bonds. The van der Waals surface area contributed by atoms with Crippen LogP contribution in [0.5, 0.6) is 5.75 Å². The number of benzene rings is 2. The van der Waals surface area contributed by atoms with Gasteiger partial charge in [-0.15, -0.1) is 0 Å². The van der Waals surface area contributed by atoms with Crippen LogP contribution in [0.4, 0.5) is 17.6 Å². The summed E-state index contributed by atoms with van der Waals surface area (Å²) in [6.45, 7) is -0.731. The van der Waals surface area contributed by atoms with Crippen LogP contribution in [0, 0.1) is 5.82 Å². The van der Waals surface area contributed by atoms with Gasteiger partial charge in [0.05, 0.1) is 23.7 Å². The average molecular weight is 544 g/mol. The van der Waals surface area contributed by atoms with Gasteiger partial charge >= 0.3 is 11.9 Å². The molecule has 0 aliphatic heterocycles. The molecule has 3 aromatic rings. The normalized spacial score (nSPS) is 12.6. The second-order valence-corrected chi connectivity index (χ2v) is 8.33. The summed E-state index contributed by atoms with van der Waals surface area (Å²) >= 11 is 3.07. The molecule has 0 bridgehead atoms. The molecule has 1 heterocycles. The summed E-state index contributed by atoms with van der Waals surface area (Å²) in [5, 5.41) is 3.11. The number of hydrogen-bond donors (Lipinski definition) is 1. The van der Waals surface area contributed by atoms with E-state index >= 15 is 0 Å². The first-order valence-corrected chi connectivity index (χ1v) is 11.0. The Kier molecular flexibility index (Phi) is 7.98. The fraction of sp³-hybridized carbons (Fsp3) is 0.304. The summed E-state index contributed by atoms with van der Waals surface area (Å²) < 4.78 is 61.6. The van der Waals surface area contributed by atoms with Crippen molar-refractivity contribution in [3.8, 4) is 5.75 Å². The molecule has 1 N–H and O–H groups in total. The SMILES string of the molecule is CN[C@@H](CCn1c(=O)c(Br)cn(Cc2c(F)cccc2C(F)(F)F)c1=O)c1ccccc1OC. The molecule has 6 nitrogen and oxygen atoms in total. The van der Waals surface area contributed by atoms with Gasteiger partial charge in [0, 0.05) is 29.9 Å². The van der Waals surface area contributed by atoms with E-state index in [1.54, 1.807) is 13.1 Å². The van der Waals surface area contributed by atoms with Gasteiger partial charge in [-0.05, 0) is 47.6 Å². The van der Waals surface area contributed by atoms with Gasteiger partial charge in [-0.3, -0.25) is 13.9 Å². The molecular formula is C23H22BrF4N3O3. The Bertz CT molecular complexity index is 1290. The van der Waals surface area contributed by atoms with E-state index in [4.69, 9.17) is 4.74 Å². The molecule has 182 valence electrons. The van der Waals surface area contributed by atoms with Crippen molar-refractivity contribution < 1.29 is 22.3 Å². The van der Waals surface area contributed by atoms with Gasteiger partial charge in [-0.2, -0.15) is 13.2 Å². The highest BCUT2D eigenvalue weighted by atomic mass is 79.9. The molecule has 11 heteroatoms. The van der Waals surface area contributed by atoms with Crippen LogP contribution in [0.25, 0.3) is 0 Å². The number of alkyl halides is 3. The van der Waals surface area contributed by atoms with Gasteiger partial charge < -0.3 is 10.1 Å². The molecule has 0 saturated carbocycles. The minimum absolute atomic E-state index is 0.0321. The molecule has 3 rings (SSSR count). The van der Waals surface area contributed by atoms with E-state index in [1.165, 1.54) is 7.11 Å². The molecule has 0 saturated heterocycles. The number of nitrogens with one attached hydrogen (secondary N) is 1. The standard InChI is InChI=1S/C23H22BrF4N3O3/c1-29-19(14-6-3-4-9-20(14)34-2)10-11-31-21(32)17(24)13-30(22(31)33)12-15-16(23(26,27)28)7-5-8-18(15)25/h3-9,13,19,29H,10-12H2,1-2H3/t19-/m0/s1. The fourth-order valence-corrected chi connectivity index (χ4v) is 4.21. The van der Waals surface area contributed by atoms with E-state index in [1.807, 2.05) is 18.2 Å². The van der Waals surface area contributed by atoms with Crippen molar-refractivity contribution in [2.24, 2.45) is 0 Å². The quantitative estimate of drug-likeness (QED) is 0.429. The zero-order chi connectivity index (χ0) is 25.0. The Hall–Kier alpha value is -2.92. The lowest BCUT2D eigenvalue weighted by Crippen LogP contribution is -2.41. The smallest absolute Gasteiger partial charge is 0.416 e. The molecule has 34 heavy (non-hydrogen) atoms. The van der Waals surface area contributed by atoms with Crippen LogP contribution in [0.1, 0.15) is 29.2 Å². The molecule has 0 spiro atoms. The van der Waals surface area contributed by atoms with Crippen LogP contribution in [0.2, 0.25) is 0 Å². The number of hydrogen-bond acceptors (Lipinski definition) is 4. The zero-order valence-corrected chi connectivity index (χ0v) is 19.9. The van der Waals surface area contributed by atoms with Crippen molar-refractivity contribution >= 4 is 15.9 Å². The lowest BCUT2D eigenvalue weighted by Gasteiger charge is -2.20. The van der Waals surface area contributed by atoms with Crippen molar-refractivity contribution in [2.45, 2.75) is 31.7 Å². The van der Waals surface area contributed by atoms with Crippen molar-refractivity contribution in [1.82, 2.24) is 14.5 Å². The number of nitrogens with zero attached hydrogens (tertiary/aromatic N) is 2. The first kappa shape index (κ1) is 25.7. The van der Waals surface area contributed by atoms with Gasteiger partial charge in [0.2, 0.25) is 0 Å². The third-order valence-electron chi connectivity index (χ3n) is 5.45. The fourth-order valence-electron chi connectivity index (χ4n) is 3.75. The zero-order valence-electron chi connectivity index (χ0n) is 18.3. The van der Waals surface area contributed by atoms with Crippen LogP contribution in [-0.2, 0) is 19.3 Å². The first-order valence-electron chi connectivity index (χ1n) is 10.2. The summed E-state index contributed by atoms with van der Waals surface area (Å²) in [7, 11) is 3.25. The minimum Gasteiger partial charge on any atom is -0.496 e. The maximum Gasteiger partial charge on any atom is 0.416 e. The molecule has 0 aliphatic carbocycles. The largest absolute Gasteiger partial charge is 0.496 e. The molecule has 0 unspecified atom stereocenters. The second kappa shape index (κ2) is 10.6. The van der Waals surface area contributed by atoms with E-state index < -0.39 is 40.9 Å². The van der Waals surface area contributed by atoms with E-state index in [9.17, 15) is 27.2 Å². The topological polar surface area (TPSA) is 65.3 Å². The Morgan fingerprint density at radius 2 is 1.82 bits per heavy atom. The number of para-hydroxylation sites is 1. The highest BCUT2D eigenvalue weighted by Crippen LogP contribution is 2.33. The summed E-state index contributed by atoms with van der Waals surface area (Å²) in [5.41, 5.74) is -2.53. The molecule has 1 atom stereocenters. The third-order valence-corrected chi connectivity index (χ3v) is 6.00. The van der Waals surface area contributed by atoms with Crippen LogP contribution in [-0.4, -0.2) is 23.3 Å². The molecule has 0 fully saturated rings. The van der Waals surface area contributed by atoms with Gasteiger partial charge in [0.15, 0.2) is 0 Å². The maximum atomic E-state index is 14.3. The minimum atomic E-state index is -4.80. The number of halogens is 5. The number of ether oxygens (including phenoxy) is 1. The highest BCUT2D eigenvalue weighted by Gasteiger charge is 2.34. The average Bonchev–Trinajstić information content (AvgIpc) is 2.80. The number of aromatic nitrogens is 2. The van der Waals surface area contributed by atoms with Gasteiger partial charge in [-0.1, -0.05) is 24.3 Å². The molecule has 0 aliphatic rings. The van der Waals surface area contributed by atoms with E-state index in [2.05, 4.69) is 21.2 Å². The molecule has 1 aromatic heterocycles. The molecular weight excluding hydrogens is 522 g/mol. The molecule has 0 radical (unpaired) electrons. The maximum absolute atomic E-state index is 14.3. The van der Waals surface area contributed by atoms with Crippen molar-refractivity contribution in [3.63, 3.8) is 0 Å². The Morgan fingerprint density at radius 1 is 1.12 bits per heavy atom. The molecule has 2 aromatic carbocycles. The predicted molar refractivity (Wildman–Crippen MR) is 123 cm³/mol. The van der Waals surface area contributed by atoms with Crippen molar-refractivity contribution in [1.29, 1.82) is 0 Å². The third kappa shape index (κ3) is 5.41.